The average molecular weight is 220 g/mol. The first-order valence-corrected chi connectivity index (χ1v) is 5.11. The molecule has 15 heavy (non-hydrogen) atoms. The smallest absolute Gasteiger partial charge is 0.331 e. The van der Waals surface area contributed by atoms with Crippen molar-refractivity contribution in [2.24, 2.45) is 0 Å². The minimum atomic E-state index is -0.374. The van der Waals surface area contributed by atoms with Gasteiger partial charge >= 0.3 is 5.97 Å². The first kappa shape index (κ1) is 14.3. The molecule has 0 radical (unpaired) electrons. The number of hydrogen-bond donors (Lipinski definition) is 0. The van der Waals surface area contributed by atoms with Crippen LogP contribution in [0.1, 0.15) is 13.3 Å². The second kappa shape index (κ2) is 11.4. The van der Waals surface area contributed by atoms with Gasteiger partial charge in [-0.15, -0.1) is 0 Å². The number of carbonyl (C=O) groups is 1. The van der Waals surface area contributed by atoms with Crippen LogP contribution >= 0.6 is 0 Å². The highest BCUT2D eigenvalue weighted by atomic mass is 16.6. The topological polar surface area (TPSA) is 54.0 Å². The predicted octanol–water partition coefficient (Wildman–Crippen LogP) is 0.619. The maximum Gasteiger partial charge on any atom is 0.331 e. The molecule has 0 aromatic heterocycles. The van der Waals surface area contributed by atoms with Gasteiger partial charge in [0.15, 0.2) is 0 Å². The highest BCUT2D eigenvalue weighted by molar-refractivity contribution is 5.70. The summed E-state index contributed by atoms with van der Waals surface area (Å²) in [6.45, 7) is 4.82. The molecule has 0 spiro atoms. The number of methoxy groups -OCH3 is 1. The molecule has 90 valence electrons. The lowest BCUT2D eigenvalue weighted by Crippen LogP contribution is -2.14. The van der Waals surface area contributed by atoms with Gasteiger partial charge in [0.2, 0.25) is 0 Å². The minimum Gasteiger partial charge on any atom is -0.467 e. The molecule has 0 amide bonds. The van der Waals surface area contributed by atoms with Crippen molar-refractivity contribution >= 4 is 5.97 Å². The van der Waals surface area contributed by atoms with E-state index in [0.717, 1.165) is 13.0 Å². The second-order valence-corrected chi connectivity index (χ2v) is 2.85. The maximum absolute atomic E-state index is 10.6. The Morgan fingerprint density at radius 1 is 0.933 bits per heavy atom. The van der Waals surface area contributed by atoms with Crippen LogP contribution in [0.4, 0.5) is 0 Å². The predicted molar refractivity (Wildman–Crippen MR) is 54.8 cm³/mol. The highest BCUT2D eigenvalue weighted by Gasteiger charge is 1.98. The van der Waals surface area contributed by atoms with Crippen molar-refractivity contribution in [1.29, 1.82) is 0 Å². The first-order chi connectivity index (χ1) is 7.31. The van der Waals surface area contributed by atoms with Gasteiger partial charge in [0.1, 0.15) is 6.61 Å². The van der Waals surface area contributed by atoms with Crippen LogP contribution in [0.15, 0.2) is 0 Å². The Labute approximate surface area is 90.6 Å². The van der Waals surface area contributed by atoms with E-state index in [4.69, 9.17) is 14.2 Å². The Morgan fingerprint density at radius 3 is 2.00 bits per heavy atom. The zero-order valence-electron chi connectivity index (χ0n) is 9.49. The largest absolute Gasteiger partial charge is 0.467 e. The van der Waals surface area contributed by atoms with Crippen molar-refractivity contribution in [3.8, 4) is 0 Å². The van der Waals surface area contributed by atoms with E-state index in [0.29, 0.717) is 26.4 Å². The van der Waals surface area contributed by atoms with E-state index in [1.807, 2.05) is 0 Å². The standard InChI is InChI=1S/C10H20O5/c1-3-4-13-5-6-14-7-8-15-9-10(11)12-2/h3-9H2,1-2H3. The SMILES string of the molecule is CCCOCCOCCOCC(=O)OC. The summed E-state index contributed by atoms with van der Waals surface area (Å²) in [5, 5.41) is 0. The molecule has 0 aliphatic heterocycles. The molecule has 0 bridgehead atoms. The average Bonchev–Trinajstić information content (AvgIpc) is 2.26. The summed E-state index contributed by atoms with van der Waals surface area (Å²) in [6, 6.07) is 0. The Hall–Kier alpha value is -0.650. The molecule has 0 saturated heterocycles. The summed E-state index contributed by atoms with van der Waals surface area (Å²) in [4.78, 5) is 10.6. The van der Waals surface area contributed by atoms with E-state index in [-0.39, 0.29) is 12.6 Å². The third-order valence-electron chi connectivity index (χ3n) is 1.54. The van der Waals surface area contributed by atoms with Crippen molar-refractivity contribution < 1.29 is 23.7 Å². The number of esters is 1. The molecule has 0 atom stereocenters. The van der Waals surface area contributed by atoms with E-state index in [1.165, 1.54) is 7.11 Å². The summed E-state index contributed by atoms with van der Waals surface area (Å²) in [5.41, 5.74) is 0. The van der Waals surface area contributed by atoms with Crippen LogP contribution in [-0.2, 0) is 23.7 Å². The van der Waals surface area contributed by atoms with Gasteiger partial charge in [0.25, 0.3) is 0 Å². The molecule has 0 rings (SSSR count). The number of hydrogen-bond acceptors (Lipinski definition) is 5. The highest BCUT2D eigenvalue weighted by Crippen LogP contribution is 1.83. The Balaban J connectivity index is 2.95. The Bertz CT molecular complexity index is 149. The van der Waals surface area contributed by atoms with E-state index in [1.54, 1.807) is 0 Å². The summed E-state index contributed by atoms with van der Waals surface area (Å²) in [5.74, 6) is -0.374. The van der Waals surface area contributed by atoms with Crippen LogP contribution in [0.5, 0.6) is 0 Å². The molecule has 0 unspecified atom stereocenters. The van der Waals surface area contributed by atoms with Gasteiger partial charge in [-0.2, -0.15) is 0 Å². The van der Waals surface area contributed by atoms with Crippen LogP contribution in [0, 0.1) is 0 Å². The molecule has 0 N–H and O–H groups in total. The Morgan fingerprint density at radius 2 is 1.47 bits per heavy atom. The molecule has 0 heterocycles. The van der Waals surface area contributed by atoms with Gasteiger partial charge in [-0.05, 0) is 6.42 Å². The number of ether oxygens (including phenoxy) is 4. The molecule has 0 aromatic rings. The van der Waals surface area contributed by atoms with Gasteiger partial charge in [-0.3, -0.25) is 0 Å². The van der Waals surface area contributed by atoms with Gasteiger partial charge in [-0.1, -0.05) is 6.92 Å². The van der Waals surface area contributed by atoms with Gasteiger partial charge in [0, 0.05) is 6.61 Å². The lowest BCUT2D eigenvalue weighted by atomic mass is 10.5. The molecule has 5 nitrogen and oxygen atoms in total. The zero-order chi connectivity index (χ0) is 11.4. The zero-order valence-corrected chi connectivity index (χ0v) is 9.49. The quantitative estimate of drug-likeness (QED) is 0.399. The van der Waals surface area contributed by atoms with Crippen molar-refractivity contribution in [2.45, 2.75) is 13.3 Å². The molecule has 0 saturated carbocycles. The molecule has 0 fully saturated rings. The van der Waals surface area contributed by atoms with Crippen LogP contribution < -0.4 is 0 Å². The maximum atomic E-state index is 10.6. The van der Waals surface area contributed by atoms with Gasteiger partial charge in [-0.25, -0.2) is 4.79 Å². The van der Waals surface area contributed by atoms with E-state index in [9.17, 15) is 4.79 Å². The summed E-state index contributed by atoms with van der Waals surface area (Å²) in [6.07, 6.45) is 1.02. The normalized spacial score (nSPS) is 10.3. The lowest BCUT2D eigenvalue weighted by Gasteiger charge is -2.05. The van der Waals surface area contributed by atoms with E-state index < -0.39 is 0 Å². The molecular formula is C10H20O5. The minimum absolute atomic E-state index is 0.0216. The van der Waals surface area contributed by atoms with Gasteiger partial charge in [0.05, 0.1) is 33.5 Å². The molecule has 0 aromatic carbocycles. The molecule has 5 heteroatoms. The number of rotatable bonds is 10. The fourth-order valence-corrected chi connectivity index (χ4v) is 0.799. The fourth-order valence-electron chi connectivity index (χ4n) is 0.799. The molecular weight excluding hydrogens is 200 g/mol. The van der Waals surface area contributed by atoms with Crippen LogP contribution in [0.25, 0.3) is 0 Å². The van der Waals surface area contributed by atoms with Crippen LogP contribution in [0.2, 0.25) is 0 Å². The van der Waals surface area contributed by atoms with Gasteiger partial charge < -0.3 is 18.9 Å². The van der Waals surface area contributed by atoms with E-state index in [2.05, 4.69) is 11.7 Å². The van der Waals surface area contributed by atoms with E-state index >= 15 is 0 Å². The summed E-state index contributed by atoms with van der Waals surface area (Å²) >= 11 is 0. The Kier molecular flexibility index (Phi) is 10.9. The van der Waals surface area contributed by atoms with Crippen molar-refractivity contribution in [3.63, 3.8) is 0 Å². The number of carbonyl (C=O) groups excluding carboxylic acids is 1. The summed E-state index contributed by atoms with van der Waals surface area (Å²) in [7, 11) is 1.33. The lowest BCUT2D eigenvalue weighted by molar-refractivity contribution is -0.146. The monoisotopic (exact) mass is 220 g/mol. The third kappa shape index (κ3) is 11.3. The fraction of sp³-hybridized carbons (Fsp3) is 0.900. The van der Waals surface area contributed by atoms with Crippen molar-refractivity contribution in [3.05, 3.63) is 0 Å². The third-order valence-corrected chi connectivity index (χ3v) is 1.54. The van der Waals surface area contributed by atoms with Crippen molar-refractivity contribution in [1.82, 2.24) is 0 Å². The van der Waals surface area contributed by atoms with Crippen LogP contribution in [-0.4, -0.2) is 52.7 Å². The summed E-state index contributed by atoms with van der Waals surface area (Å²) < 4.78 is 19.8. The van der Waals surface area contributed by atoms with Crippen molar-refractivity contribution in [2.75, 3.05) is 46.8 Å². The van der Waals surface area contributed by atoms with Crippen LogP contribution in [0.3, 0.4) is 0 Å². The second-order valence-electron chi connectivity index (χ2n) is 2.85. The molecule has 0 aliphatic rings. The molecule has 0 aliphatic carbocycles. The first-order valence-electron chi connectivity index (χ1n) is 5.11.